The van der Waals surface area contributed by atoms with E-state index in [-0.39, 0.29) is 0 Å². The van der Waals surface area contributed by atoms with Crippen molar-refractivity contribution in [1.29, 1.82) is 0 Å². The minimum atomic E-state index is 0.522. The van der Waals surface area contributed by atoms with Gasteiger partial charge >= 0.3 is 0 Å². The maximum absolute atomic E-state index is 6.31. The van der Waals surface area contributed by atoms with E-state index in [9.17, 15) is 0 Å². The molecule has 2 nitrogen and oxygen atoms in total. The molecule has 1 aliphatic rings. The van der Waals surface area contributed by atoms with E-state index in [0.717, 1.165) is 42.9 Å². The Morgan fingerprint density at radius 1 is 1.43 bits per heavy atom. The molecule has 0 N–H and O–H groups in total. The SMILES string of the molecule is CCSc1c(Cl)ccc(C(=S)c2conc2C2CC2)c1C. The molecule has 0 spiro atoms. The van der Waals surface area contributed by atoms with Gasteiger partial charge in [-0.1, -0.05) is 42.0 Å². The van der Waals surface area contributed by atoms with Crippen LogP contribution in [-0.2, 0) is 0 Å². The van der Waals surface area contributed by atoms with Crippen LogP contribution in [0.4, 0.5) is 0 Å². The number of benzene rings is 1. The Balaban J connectivity index is 2.01. The number of thioether (sulfide) groups is 1. The smallest absolute Gasteiger partial charge is 0.132 e. The second kappa shape index (κ2) is 6.11. The van der Waals surface area contributed by atoms with Gasteiger partial charge < -0.3 is 4.52 Å². The van der Waals surface area contributed by atoms with Crippen molar-refractivity contribution in [2.45, 2.75) is 37.5 Å². The molecule has 3 rings (SSSR count). The van der Waals surface area contributed by atoms with E-state index in [1.54, 1.807) is 18.0 Å². The molecule has 1 heterocycles. The lowest BCUT2D eigenvalue weighted by atomic mass is 9.99. The second-order valence-corrected chi connectivity index (χ2v) is 7.29. The Morgan fingerprint density at radius 3 is 2.86 bits per heavy atom. The van der Waals surface area contributed by atoms with Crippen molar-refractivity contribution in [3.63, 3.8) is 0 Å². The van der Waals surface area contributed by atoms with Crippen molar-refractivity contribution >= 4 is 40.4 Å². The predicted octanol–water partition coefficient (Wildman–Crippen LogP) is 5.39. The molecule has 5 heteroatoms. The van der Waals surface area contributed by atoms with Crippen LogP contribution < -0.4 is 0 Å². The van der Waals surface area contributed by atoms with Gasteiger partial charge in [0.2, 0.25) is 0 Å². The zero-order valence-corrected chi connectivity index (χ0v) is 14.4. The number of thiocarbonyl (C=S) groups is 1. The Hall–Kier alpha value is -0.840. The van der Waals surface area contributed by atoms with E-state index >= 15 is 0 Å². The van der Waals surface area contributed by atoms with Gasteiger partial charge in [0.1, 0.15) is 6.26 Å². The maximum Gasteiger partial charge on any atom is 0.132 e. The number of nitrogens with zero attached hydrogens (tertiary/aromatic N) is 1. The summed E-state index contributed by atoms with van der Waals surface area (Å²) in [5.41, 5.74) is 4.17. The monoisotopic (exact) mass is 337 g/mol. The van der Waals surface area contributed by atoms with Gasteiger partial charge in [-0.15, -0.1) is 11.8 Å². The number of hydrogen-bond acceptors (Lipinski definition) is 4. The summed E-state index contributed by atoms with van der Waals surface area (Å²) in [6, 6.07) is 3.93. The van der Waals surface area contributed by atoms with Gasteiger partial charge in [-0.2, -0.15) is 0 Å². The summed E-state index contributed by atoms with van der Waals surface area (Å²) in [7, 11) is 0. The van der Waals surface area contributed by atoms with Crippen molar-refractivity contribution in [1.82, 2.24) is 5.16 Å². The minimum Gasteiger partial charge on any atom is -0.364 e. The first kappa shape index (κ1) is 15.1. The van der Waals surface area contributed by atoms with Gasteiger partial charge in [-0.05, 0) is 42.7 Å². The molecule has 1 fully saturated rings. The summed E-state index contributed by atoms with van der Waals surface area (Å²) in [4.78, 5) is 1.92. The molecule has 0 unspecified atom stereocenters. The van der Waals surface area contributed by atoms with E-state index in [1.165, 1.54) is 12.8 Å². The topological polar surface area (TPSA) is 26.0 Å². The first-order valence-corrected chi connectivity index (χ1v) is 8.81. The molecule has 0 aliphatic heterocycles. The summed E-state index contributed by atoms with van der Waals surface area (Å²) in [6.07, 6.45) is 4.04. The van der Waals surface area contributed by atoms with Crippen molar-refractivity contribution in [3.8, 4) is 0 Å². The average Bonchev–Trinajstić information content (AvgIpc) is 3.20. The second-order valence-electron chi connectivity index (χ2n) is 5.20. The van der Waals surface area contributed by atoms with Crippen LogP contribution in [0.15, 0.2) is 27.8 Å². The largest absolute Gasteiger partial charge is 0.364 e. The van der Waals surface area contributed by atoms with Crippen LogP contribution >= 0.6 is 35.6 Å². The van der Waals surface area contributed by atoms with E-state index in [0.29, 0.717) is 5.92 Å². The summed E-state index contributed by atoms with van der Waals surface area (Å²) in [5, 5.41) is 4.93. The van der Waals surface area contributed by atoms with Crippen molar-refractivity contribution in [2.75, 3.05) is 5.75 Å². The van der Waals surface area contributed by atoms with Gasteiger partial charge in [-0.25, -0.2) is 0 Å². The molecule has 1 aromatic heterocycles. The molecule has 1 aromatic carbocycles. The van der Waals surface area contributed by atoms with E-state index in [1.807, 2.05) is 12.1 Å². The molecule has 1 saturated carbocycles. The third-order valence-electron chi connectivity index (χ3n) is 3.70. The molecular formula is C16H16ClNOS2. The molecule has 21 heavy (non-hydrogen) atoms. The van der Waals surface area contributed by atoms with Crippen LogP contribution in [0, 0.1) is 6.92 Å². The molecule has 0 radical (unpaired) electrons. The molecular weight excluding hydrogens is 322 g/mol. The van der Waals surface area contributed by atoms with Crippen LogP contribution in [0.1, 0.15) is 48.1 Å². The van der Waals surface area contributed by atoms with Crippen LogP contribution in [-0.4, -0.2) is 15.8 Å². The maximum atomic E-state index is 6.31. The molecule has 110 valence electrons. The fourth-order valence-electron chi connectivity index (χ4n) is 2.44. The molecule has 0 atom stereocenters. The summed E-state index contributed by atoms with van der Waals surface area (Å²) in [6.45, 7) is 4.20. The summed E-state index contributed by atoms with van der Waals surface area (Å²) in [5.74, 6) is 1.51. The highest BCUT2D eigenvalue weighted by Gasteiger charge is 2.31. The van der Waals surface area contributed by atoms with E-state index in [4.69, 9.17) is 28.3 Å². The van der Waals surface area contributed by atoms with Gasteiger partial charge in [0.15, 0.2) is 0 Å². The number of hydrogen-bond donors (Lipinski definition) is 0. The van der Waals surface area contributed by atoms with Gasteiger partial charge in [-0.3, -0.25) is 0 Å². The van der Waals surface area contributed by atoms with Crippen LogP contribution in [0.5, 0.6) is 0 Å². The third-order valence-corrected chi connectivity index (χ3v) is 5.67. The lowest BCUT2D eigenvalue weighted by molar-refractivity contribution is 0.412. The summed E-state index contributed by atoms with van der Waals surface area (Å²) < 4.78 is 5.16. The fraction of sp³-hybridized carbons (Fsp3) is 0.375. The lowest BCUT2D eigenvalue weighted by Gasteiger charge is -2.13. The lowest BCUT2D eigenvalue weighted by Crippen LogP contribution is -2.05. The Labute approximate surface area is 139 Å². The molecule has 0 amide bonds. The molecule has 0 bridgehead atoms. The standard InChI is InChI=1S/C16H16ClNOS2/c1-3-21-16-9(2)11(6-7-13(16)17)15(20)12-8-19-18-14(12)10-4-5-10/h6-8,10H,3-5H2,1-2H3. The normalized spacial score (nSPS) is 14.4. The van der Waals surface area contributed by atoms with Crippen molar-refractivity contribution < 1.29 is 4.52 Å². The van der Waals surface area contributed by atoms with Gasteiger partial charge in [0.25, 0.3) is 0 Å². The summed E-state index contributed by atoms with van der Waals surface area (Å²) >= 11 is 13.8. The van der Waals surface area contributed by atoms with Crippen molar-refractivity contribution in [3.05, 3.63) is 45.8 Å². The predicted molar refractivity (Wildman–Crippen MR) is 91.9 cm³/mol. The molecule has 0 saturated heterocycles. The van der Waals surface area contributed by atoms with Gasteiger partial charge in [0.05, 0.1) is 21.1 Å². The van der Waals surface area contributed by atoms with Crippen LogP contribution in [0.2, 0.25) is 5.02 Å². The first-order valence-electron chi connectivity index (χ1n) is 7.04. The highest BCUT2D eigenvalue weighted by molar-refractivity contribution is 7.99. The van der Waals surface area contributed by atoms with Crippen molar-refractivity contribution in [2.24, 2.45) is 0 Å². The zero-order chi connectivity index (χ0) is 15.0. The molecule has 2 aromatic rings. The Bertz CT molecular complexity index is 692. The van der Waals surface area contributed by atoms with E-state index in [2.05, 4.69) is 19.0 Å². The number of rotatable bonds is 5. The zero-order valence-electron chi connectivity index (χ0n) is 12.0. The van der Waals surface area contributed by atoms with Gasteiger partial charge in [0, 0.05) is 10.8 Å². The highest BCUT2D eigenvalue weighted by Crippen LogP contribution is 2.42. The van der Waals surface area contributed by atoms with E-state index < -0.39 is 0 Å². The molecule has 1 aliphatic carbocycles. The Kier molecular flexibility index (Phi) is 4.38. The quantitative estimate of drug-likeness (QED) is 0.415. The Morgan fingerprint density at radius 2 is 2.19 bits per heavy atom. The van der Waals surface area contributed by atoms with Crippen LogP contribution in [0.25, 0.3) is 0 Å². The number of aromatic nitrogens is 1. The highest BCUT2D eigenvalue weighted by atomic mass is 35.5. The average molecular weight is 338 g/mol. The van der Waals surface area contributed by atoms with Crippen LogP contribution in [0.3, 0.4) is 0 Å². The third kappa shape index (κ3) is 2.89. The first-order chi connectivity index (χ1) is 10.1. The number of halogens is 1. The minimum absolute atomic E-state index is 0.522. The fourth-order valence-corrected chi connectivity index (χ4v) is 4.00.